The van der Waals surface area contributed by atoms with Gasteiger partial charge < -0.3 is 10.5 Å². The molecule has 0 aromatic heterocycles. The molecule has 114 valence electrons. The van der Waals surface area contributed by atoms with E-state index in [0.717, 1.165) is 0 Å². The summed E-state index contributed by atoms with van der Waals surface area (Å²) in [5.41, 5.74) is 5.64. The van der Waals surface area contributed by atoms with Crippen LogP contribution in [0.15, 0.2) is 23.1 Å². The second kappa shape index (κ2) is 6.87. The monoisotopic (exact) mass is 320 g/mol. The van der Waals surface area contributed by atoms with Crippen LogP contribution >= 0.6 is 11.6 Å². The molecule has 0 atom stereocenters. The van der Waals surface area contributed by atoms with E-state index in [-0.39, 0.29) is 23.0 Å². The van der Waals surface area contributed by atoms with Gasteiger partial charge in [-0.1, -0.05) is 17.7 Å². The Balaban J connectivity index is 2.94. The maximum Gasteiger partial charge on any atom is 0.242 e. The lowest BCUT2D eigenvalue weighted by Crippen LogP contribution is -2.40. The third-order valence-electron chi connectivity index (χ3n) is 2.74. The van der Waals surface area contributed by atoms with Crippen molar-refractivity contribution in [3.05, 3.63) is 28.8 Å². The molecule has 1 rings (SSSR count). The van der Waals surface area contributed by atoms with Crippen LogP contribution in [0.1, 0.15) is 26.3 Å². The Kier molecular flexibility index (Phi) is 5.97. The molecule has 0 saturated carbocycles. The Morgan fingerprint density at radius 2 is 2.05 bits per heavy atom. The molecule has 0 radical (unpaired) electrons. The molecular formula is C13H21ClN2O3S. The summed E-state index contributed by atoms with van der Waals surface area (Å²) in [6, 6.07) is 4.72. The van der Waals surface area contributed by atoms with Gasteiger partial charge in [0.25, 0.3) is 0 Å². The van der Waals surface area contributed by atoms with Crippen molar-refractivity contribution in [2.75, 3.05) is 13.2 Å². The highest BCUT2D eigenvalue weighted by atomic mass is 35.5. The Hall–Kier alpha value is -0.660. The first kappa shape index (κ1) is 17.4. The number of ether oxygens (including phenoxy) is 1. The predicted molar refractivity (Wildman–Crippen MR) is 80.2 cm³/mol. The summed E-state index contributed by atoms with van der Waals surface area (Å²) >= 11 is 5.96. The van der Waals surface area contributed by atoms with Gasteiger partial charge in [-0.25, -0.2) is 13.1 Å². The van der Waals surface area contributed by atoms with E-state index in [2.05, 4.69) is 4.72 Å². The van der Waals surface area contributed by atoms with E-state index < -0.39 is 15.6 Å². The fraction of sp³-hybridized carbons (Fsp3) is 0.538. The largest absolute Gasteiger partial charge is 0.375 e. The summed E-state index contributed by atoms with van der Waals surface area (Å²) < 4.78 is 32.5. The number of hydrogen-bond donors (Lipinski definition) is 2. The van der Waals surface area contributed by atoms with Crippen molar-refractivity contribution in [3.63, 3.8) is 0 Å². The van der Waals surface area contributed by atoms with Crippen LogP contribution in [0.4, 0.5) is 0 Å². The second-order valence-corrected chi connectivity index (χ2v) is 7.13. The van der Waals surface area contributed by atoms with E-state index in [9.17, 15) is 8.42 Å². The van der Waals surface area contributed by atoms with Gasteiger partial charge in [0.05, 0.1) is 10.6 Å². The van der Waals surface area contributed by atoms with Gasteiger partial charge in [0.2, 0.25) is 10.0 Å². The molecule has 1 aromatic rings. The van der Waals surface area contributed by atoms with Gasteiger partial charge in [0.1, 0.15) is 4.90 Å². The number of benzene rings is 1. The average molecular weight is 321 g/mol. The first-order chi connectivity index (χ1) is 9.22. The number of nitrogens with two attached hydrogens (primary N) is 1. The number of sulfonamides is 1. The Morgan fingerprint density at radius 3 is 2.60 bits per heavy atom. The highest BCUT2D eigenvalue weighted by Gasteiger charge is 2.24. The van der Waals surface area contributed by atoms with Crippen molar-refractivity contribution in [2.24, 2.45) is 5.73 Å². The Labute approximate surface area is 125 Å². The van der Waals surface area contributed by atoms with Gasteiger partial charge in [0.15, 0.2) is 0 Å². The topological polar surface area (TPSA) is 81.4 Å². The molecule has 0 amide bonds. The molecule has 0 bridgehead atoms. The molecular weight excluding hydrogens is 300 g/mol. The smallest absolute Gasteiger partial charge is 0.242 e. The zero-order valence-electron chi connectivity index (χ0n) is 11.9. The van der Waals surface area contributed by atoms with Crippen molar-refractivity contribution in [3.8, 4) is 0 Å². The van der Waals surface area contributed by atoms with E-state index in [1.807, 2.05) is 20.8 Å². The van der Waals surface area contributed by atoms with Crippen LogP contribution in [0.3, 0.4) is 0 Å². The number of rotatable bonds is 7. The summed E-state index contributed by atoms with van der Waals surface area (Å²) in [7, 11) is -3.69. The second-order valence-electron chi connectivity index (χ2n) is 4.99. The number of nitrogens with one attached hydrogen (secondary N) is 1. The quantitative estimate of drug-likeness (QED) is 0.804. The fourth-order valence-corrected chi connectivity index (χ4v) is 3.42. The van der Waals surface area contributed by atoms with Crippen molar-refractivity contribution < 1.29 is 13.2 Å². The normalized spacial score (nSPS) is 12.7. The maximum atomic E-state index is 12.3. The first-order valence-corrected chi connectivity index (χ1v) is 8.20. The van der Waals surface area contributed by atoms with E-state index in [1.165, 1.54) is 12.1 Å². The van der Waals surface area contributed by atoms with Crippen LogP contribution in [0.25, 0.3) is 0 Å². The minimum absolute atomic E-state index is 0.0365. The summed E-state index contributed by atoms with van der Waals surface area (Å²) in [4.78, 5) is 0.0365. The molecule has 3 N–H and O–H groups in total. The Morgan fingerprint density at radius 1 is 1.40 bits per heavy atom. The SMILES string of the molecule is CCOC(C)(C)CNS(=O)(=O)c1cc(CN)ccc1Cl. The average Bonchev–Trinajstić information content (AvgIpc) is 2.37. The lowest BCUT2D eigenvalue weighted by molar-refractivity contribution is -0.00515. The molecule has 0 unspecified atom stereocenters. The van der Waals surface area contributed by atoms with E-state index in [0.29, 0.717) is 12.2 Å². The van der Waals surface area contributed by atoms with Gasteiger partial charge in [0, 0.05) is 19.7 Å². The molecule has 0 spiro atoms. The highest BCUT2D eigenvalue weighted by Crippen LogP contribution is 2.23. The van der Waals surface area contributed by atoms with Crippen molar-refractivity contribution in [1.29, 1.82) is 0 Å². The number of halogens is 1. The molecule has 1 aromatic carbocycles. The van der Waals surface area contributed by atoms with Crippen LogP contribution in [-0.2, 0) is 21.3 Å². The van der Waals surface area contributed by atoms with Crippen LogP contribution < -0.4 is 10.5 Å². The van der Waals surface area contributed by atoms with Gasteiger partial charge in [-0.15, -0.1) is 0 Å². The fourth-order valence-electron chi connectivity index (χ4n) is 1.67. The number of hydrogen-bond acceptors (Lipinski definition) is 4. The molecule has 0 heterocycles. The Bertz CT molecular complexity index is 559. The minimum atomic E-state index is -3.69. The summed E-state index contributed by atoms with van der Waals surface area (Å²) in [5, 5.41) is 0.170. The summed E-state index contributed by atoms with van der Waals surface area (Å²) in [6.45, 7) is 6.42. The van der Waals surface area contributed by atoms with Crippen LogP contribution in [-0.4, -0.2) is 27.2 Å². The lowest BCUT2D eigenvalue weighted by atomic mass is 10.1. The van der Waals surface area contributed by atoms with Gasteiger partial charge in [-0.2, -0.15) is 0 Å². The molecule has 5 nitrogen and oxygen atoms in total. The highest BCUT2D eigenvalue weighted by molar-refractivity contribution is 7.89. The minimum Gasteiger partial charge on any atom is -0.375 e. The van der Waals surface area contributed by atoms with Crippen molar-refractivity contribution in [2.45, 2.75) is 37.8 Å². The third-order valence-corrected chi connectivity index (χ3v) is 4.63. The maximum absolute atomic E-state index is 12.3. The zero-order valence-corrected chi connectivity index (χ0v) is 13.5. The molecule has 0 saturated heterocycles. The van der Waals surface area contributed by atoms with Crippen molar-refractivity contribution >= 4 is 21.6 Å². The summed E-state index contributed by atoms with van der Waals surface area (Å²) in [6.07, 6.45) is 0. The van der Waals surface area contributed by atoms with E-state index in [1.54, 1.807) is 6.07 Å². The molecule has 7 heteroatoms. The first-order valence-electron chi connectivity index (χ1n) is 6.34. The predicted octanol–water partition coefficient (Wildman–Crippen LogP) is 1.89. The van der Waals surface area contributed by atoms with Crippen LogP contribution in [0.5, 0.6) is 0 Å². The molecule has 0 fully saturated rings. The van der Waals surface area contributed by atoms with Gasteiger partial charge in [-0.05, 0) is 38.5 Å². The van der Waals surface area contributed by atoms with Gasteiger partial charge >= 0.3 is 0 Å². The zero-order chi connectivity index (χ0) is 15.4. The standard InChI is InChI=1S/C13H21ClN2O3S/c1-4-19-13(2,3)9-16-20(17,18)12-7-10(8-15)5-6-11(12)14/h5-7,16H,4,8-9,15H2,1-3H3. The summed E-state index contributed by atoms with van der Waals surface area (Å²) in [5.74, 6) is 0. The van der Waals surface area contributed by atoms with Crippen LogP contribution in [0.2, 0.25) is 5.02 Å². The molecule has 0 aliphatic heterocycles. The third kappa shape index (κ3) is 4.71. The van der Waals surface area contributed by atoms with E-state index in [4.69, 9.17) is 22.1 Å². The van der Waals surface area contributed by atoms with E-state index >= 15 is 0 Å². The molecule has 20 heavy (non-hydrogen) atoms. The van der Waals surface area contributed by atoms with Crippen molar-refractivity contribution in [1.82, 2.24) is 4.72 Å². The lowest BCUT2D eigenvalue weighted by Gasteiger charge is -2.25. The van der Waals surface area contributed by atoms with Crippen LogP contribution in [0, 0.1) is 0 Å². The van der Waals surface area contributed by atoms with Gasteiger partial charge in [-0.3, -0.25) is 0 Å². The molecule has 0 aliphatic rings. The molecule has 0 aliphatic carbocycles.